The quantitative estimate of drug-likeness (QED) is 0.264. The van der Waals surface area contributed by atoms with Crippen LogP contribution in [0.25, 0.3) is 10.4 Å². The first-order chi connectivity index (χ1) is 5.38. The average molecular weight is 153 g/mol. The summed E-state index contributed by atoms with van der Waals surface area (Å²) in [5.74, 6) is 0.448. The van der Waals surface area contributed by atoms with Crippen molar-refractivity contribution in [1.82, 2.24) is 0 Å². The smallest absolute Gasteiger partial charge is 0.123 e. The molecule has 1 fully saturated rings. The minimum absolute atomic E-state index is 0.139. The van der Waals surface area contributed by atoms with Crippen molar-refractivity contribution in [3.63, 3.8) is 0 Å². The van der Waals surface area contributed by atoms with Crippen molar-refractivity contribution >= 4 is 6.29 Å². The molecular formula is C7H11N3O. The van der Waals surface area contributed by atoms with Gasteiger partial charge >= 0.3 is 0 Å². The molecule has 0 unspecified atom stereocenters. The third-order valence-electron chi connectivity index (χ3n) is 2.27. The lowest BCUT2D eigenvalue weighted by Gasteiger charge is -2.08. The van der Waals surface area contributed by atoms with E-state index in [1.165, 1.54) is 0 Å². The van der Waals surface area contributed by atoms with Crippen LogP contribution < -0.4 is 0 Å². The highest BCUT2D eigenvalue weighted by Crippen LogP contribution is 2.30. The number of carbonyl (C=O) groups is 1. The van der Waals surface area contributed by atoms with E-state index in [9.17, 15) is 4.79 Å². The molecule has 4 nitrogen and oxygen atoms in total. The first-order valence-electron chi connectivity index (χ1n) is 3.84. The Labute approximate surface area is 65.2 Å². The van der Waals surface area contributed by atoms with Gasteiger partial charge in [-0.2, -0.15) is 0 Å². The molecule has 1 aliphatic rings. The zero-order valence-electron chi connectivity index (χ0n) is 6.31. The van der Waals surface area contributed by atoms with Crippen molar-refractivity contribution in [3.05, 3.63) is 10.4 Å². The first-order valence-corrected chi connectivity index (χ1v) is 3.84. The Bertz CT molecular complexity index is 186. The molecule has 0 amide bonds. The van der Waals surface area contributed by atoms with Gasteiger partial charge in [0.25, 0.3) is 0 Å². The fourth-order valence-electron chi connectivity index (χ4n) is 1.61. The molecule has 0 saturated heterocycles. The molecule has 60 valence electrons. The first kappa shape index (κ1) is 8.08. The highest BCUT2D eigenvalue weighted by atomic mass is 16.1. The van der Waals surface area contributed by atoms with E-state index in [4.69, 9.17) is 5.53 Å². The predicted molar refractivity (Wildman–Crippen MR) is 40.9 cm³/mol. The largest absolute Gasteiger partial charge is 0.303 e. The zero-order chi connectivity index (χ0) is 8.10. The molecule has 2 atom stereocenters. The highest BCUT2D eigenvalue weighted by molar-refractivity contribution is 5.54. The van der Waals surface area contributed by atoms with Crippen molar-refractivity contribution in [1.29, 1.82) is 0 Å². The molecule has 11 heavy (non-hydrogen) atoms. The zero-order valence-corrected chi connectivity index (χ0v) is 6.31. The Morgan fingerprint density at radius 1 is 1.64 bits per heavy atom. The van der Waals surface area contributed by atoms with E-state index in [-0.39, 0.29) is 5.92 Å². The summed E-state index contributed by atoms with van der Waals surface area (Å²) in [6.45, 7) is 0.486. The van der Waals surface area contributed by atoms with Crippen molar-refractivity contribution in [2.75, 3.05) is 6.54 Å². The number of rotatable bonds is 3. The van der Waals surface area contributed by atoms with Crippen LogP contribution in [-0.4, -0.2) is 12.8 Å². The van der Waals surface area contributed by atoms with Crippen molar-refractivity contribution in [2.45, 2.75) is 19.3 Å². The second kappa shape index (κ2) is 3.98. The minimum Gasteiger partial charge on any atom is -0.303 e. The number of azide groups is 1. The molecular weight excluding hydrogens is 142 g/mol. The molecule has 0 aromatic carbocycles. The molecule has 1 rings (SSSR count). The van der Waals surface area contributed by atoms with Gasteiger partial charge in [0.2, 0.25) is 0 Å². The molecule has 0 aromatic rings. The van der Waals surface area contributed by atoms with Crippen molar-refractivity contribution in [2.24, 2.45) is 17.0 Å². The van der Waals surface area contributed by atoms with E-state index in [0.29, 0.717) is 12.5 Å². The van der Waals surface area contributed by atoms with Gasteiger partial charge in [0, 0.05) is 17.4 Å². The van der Waals surface area contributed by atoms with E-state index < -0.39 is 0 Å². The highest BCUT2D eigenvalue weighted by Gasteiger charge is 2.25. The van der Waals surface area contributed by atoms with Crippen LogP contribution in [-0.2, 0) is 4.79 Å². The number of hydrogen-bond acceptors (Lipinski definition) is 2. The molecule has 0 aromatic heterocycles. The summed E-state index contributed by atoms with van der Waals surface area (Å²) in [6.07, 6.45) is 4.08. The molecule has 0 spiro atoms. The summed E-state index contributed by atoms with van der Waals surface area (Å²) >= 11 is 0. The molecule has 1 saturated carbocycles. The lowest BCUT2D eigenvalue weighted by atomic mass is 9.98. The average Bonchev–Trinajstić information content (AvgIpc) is 2.47. The maximum absolute atomic E-state index is 10.4. The SMILES string of the molecule is [N-]=[N+]=NC[C@@H]1CCC[C@@H]1C=O. The van der Waals surface area contributed by atoms with Crippen LogP contribution in [0.3, 0.4) is 0 Å². The minimum atomic E-state index is 0.139. The lowest BCUT2D eigenvalue weighted by molar-refractivity contribution is -0.111. The third-order valence-corrected chi connectivity index (χ3v) is 2.27. The number of hydrogen-bond donors (Lipinski definition) is 0. The molecule has 1 aliphatic carbocycles. The summed E-state index contributed by atoms with van der Waals surface area (Å²) in [4.78, 5) is 13.1. The lowest BCUT2D eigenvalue weighted by Crippen LogP contribution is -2.11. The summed E-state index contributed by atoms with van der Waals surface area (Å²) < 4.78 is 0. The van der Waals surface area contributed by atoms with Crippen molar-refractivity contribution < 1.29 is 4.79 Å². The number of aldehydes is 1. The molecule has 0 N–H and O–H groups in total. The van der Waals surface area contributed by atoms with Gasteiger partial charge < -0.3 is 4.79 Å². The summed E-state index contributed by atoms with van der Waals surface area (Å²) in [7, 11) is 0. The maximum Gasteiger partial charge on any atom is 0.123 e. The summed E-state index contributed by atoms with van der Waals surface area (Å²) in [5.41, 5.74) is 8.06. The number of carbonyl (C=O) groups excluding carboxylic acids is 1. The molecule has 0 bridgehead atoms. The van der Waals surface area contributed by atoms with E-state index in [1.54, 1.807) is 0 Å². The van der Waals surface area contributed by atoms with Gasteiger partial charge in [-0.05, 0) is 24.3 Å². The molecule has 0 radical (unpaired) electrons. The monoisotopic (exact) mass is 153 g/mol. The van der Waals surface area contributed by atoms with E-state index in [2.05, 4.69) is 10.0 Å². The third kappa shape index (κ3) is 1.95. The predicted octanol–water partition coefficient (Wildman–Crippen LogP) is 1.91. The van der Waals surface area contributed by atoms with Crippen LogP contribution in [0, 0.1) is 11.8 Å². The van der Waals surface area contributed by atoms with Gasteiger partial charge in [0.1, 0.15) is 6.29 Å². The Morgan fingerprint density at radius 3 is 3.09 bits per heavy atom. The second-order valence-electron chi connectivity index (χ2n) is 2.90. The summed E-state index contributed by atoms with van der Waals surface area (Å²) in [6, 6.07) is 0. The van der Waals surface area contributed by atoms with Crippen LogP contribution in [0.5, 0.6) is 0 Å². The van der Waals surface area contributed by atoms with E-state index in [0.717, 1.165) is 25.5 Å². The Morgan fingerprint density at radius 2 is 2.45 bits per heavy atom. The fraction of sp³-hybridized carbons (Fsp3) is 0.857. The van der Waals surface area contributed by atoms with Gasteiger partial charge in [-0.15, -0.1) is 0 Å². The van der Waals surface area contributed by atoms with Crippen LogP contribution in [0.2, 0.25) is 0 Å². The Kier molecular flexibility index (Phi) is 2.93. The van der Waals surface area contributed by atoms with Crippen LogP contribution in [0.15, 0.2) is 5.11 Å². The fourth-order valence-corrected chi connectivity index (χ4v) is 1.61. The standard InChI is InChI=1S/C7H11N3O/c8-10-9-4-6-2-1-3-7(6)5-11/h5-7H,1-4H2/t6-,7+/m0/s1. The van der Waals surface area contributed by atoms with Crippen LogP contribution in [0.1, 0.15) is 19.3 Å². The topological polar surface area (TPSA) is 65.8 Å². The normalized spacial score (nSPS) is 29.5. The van der Waals surface area contributed by atoms with Gasteiger partial charge in [-0.1, -0.05) is 11.5 Å². The van der Waals surface area contributed by atoms with E-state index >= 15 is 0 Å². The summed E-state index contributed by atoms with van der Waals surface area (Å²) in [5, 5.41) is 3.47. The van der Waals surface area contributed by atoms with Gasteiger partial charge in [-0.25, -0.2) is 0 Å². The van der Waals surface area contributed by atoms with Gasteiger partial charge in [0.05, 0.1) is 0 Å². The van der Waals surface area contributed by atoms with Crippen molar-refractivity contribution in [3.8, 4) is 0 Å². The van der Waals surface area contributed by atoms with Crippen LogP contribution in [0.4, 0.5) is 0 Å². The number of nitrogens with zero attached hydrogens (tertiary/aromatic N) is 3. The second-order valence-corrected chi connectivity index (χ2v) is 2.90. The van der Waals surface area contributed by atoms with Crippen LogP contribution >= 0.6 is 0 Å². The van der Waals surface area contributed by atoms with Gasteiger partial charge in [-0.3, -0.25) is 0 Å². The molecule has 0 heterocycles. The Hall–Kier alpha value is -1.02. The molecule has 0 aliphatic heterocycles. The maximum atomic E-state index is 10.4. The van der Waals surface area contributed by atoms with Gasteiger partial charge in [0.15, 0.2) is 0 Å². The molecule has 4 heteroatoms. The van der Waals surface area contributed by atoms with E-state index in [1.807, 2.05) is 0 Å². The Balaban J connectivity index is 2.42.